The zero-order chi connectivity index (χ0) is 18.6. The molecule has 1 saturated heterocycles. The van der Waals surface area contributed by atoms with Crippen LogP contribution >= 0.6 is 11.6 Å². The minimum atomic E-state index is -3.60. The maximum Gasteiger partial charge on any atom is 0.255 e. The monoisotopic (exact) mass is 386 g/mol. The molecule has 1 aliphatic heterocycles. The van der Waals surface area contributed by atoms with Gasteiger partial charge in [-0.3, -0.25) is 4.79 Å². The van der Waals surface area contributed by atoms with Crippen molar-refractivity contribution in [2.75, 3.05) is 27.2 Å². The summed E-state index contributed by atoms with van der Waals surface area (Å²) in [6.07, 6.45) is 5.46. The first kappa shape index (κ1) is 20.2. The van der Waals surface area contributed by atoms with Gasteiger partial charge in [0.1, 0.15) is 0 Å². The summed E-state index contributed by atoms with van der Waals surface area (Å²) in [5.74, 6) is 0.483. The van der Waals surface area contributed by atoms with Crippen LogP contribution < -0.4 is 0 Å². The molecule has 140 valence electrons. The Labute approximate surface area is 156 Å². The molecule has 1 aromatic rings. The van der Waals surface area contributed by atoms with Crippen LogP contribution in [0.5, 0.6) is 0 Å². The van der Waals surface area contributed by atoms with Gasteiger partial charge in [0.15, 0.2) is 0 Å². The van der Waals surface area contributed by atoms with E-state index >= 15 is 0 Å². The molecule has 0 N–H and O–H groups in total. The Morgan fingerprint density at radius 1 is 1.28 bits per heavy atom. The number of hydrogen-bond acceptors (Lipinski definition) is 3. The number of benzene rings is 1. The third-order valence-electron chi connectivity index (χ3n) is 4.78. The molecule has 0 saturated carbocycles. The van der Waals surface area contributed by atoms with Crippen molar-refractivity contribution < 1.29 is 13.2 Å². The maximum absolute atomic E-state index is 12.9. The highest BCUT2D eigenvalue weighted by molar-refractivity contribution is 7.89. The van der Waals surface area contributed by atoms with Gasteiger partial charge >= 0.3 is 0 Å². The number of carbonyl (C=O) groups excluding carboxylic acids is 1. The Morgan fingerprint density at radius 3 is 2.64 bits per heavy atom. The Hall–Kier alpha value is -1.11. The molecule has 2 rings (SSSR count). The van der Waals surface area contributed by atoms with E-state index in [1.807, 2.05) is 4.90 Å². The molecule has 7 heteroatoms. The van der Waals surface area contributed by atoms with Gasteiger partial charge in [-0.15, -0.1) is 0 Å². The van der Waals surface area contributed by atoms with Crippen molar-refractivity contribution in [2.45, 2.75) is 43.9 Å². The molecule has 1 heterocycles. The van der Waals surface area contributed by atoms with Crippen molar-refractivity contribution in [1.29, 1.82) is 0 Å². The van der Waals surface area contributed by atoms with Crippen molar-refractivity contribution in [2.24, 2.45) is 5.92 Å². The highest BCUT2D eigenvalue weighted by atomic mass is 35.5. The number of nitrogens with zero attached hydrogens (tertiary/aromatic N) is 2. The second kappa shape index (κ2) is 8.52. The molecular weight excluding hydrogens is 360 g/mol. The number of amides is 1. The summed E-state index contributed by atoms with van der Waals surface area (Å²) in [4.78, 5) is 14.8. The fraction of sp³-hybridized carbons (Fsp3) is 0.611. The van der Waals surface area contributed by atoms with Crippen LogP contribution in [0.3, 0.4) is 0 Å². The summed E-state index contributed by atoms with van der Waals surface area (Å²) < 4.78 is 25.8. The van der Waals surface area contributed by atoms with Gasteiger partial charge in [-0.05, 0) is 43.4 Å². The normalized spacial score (nSPS) is 19.1. The van der Waals surface area contributed by atoms with Gasteiger partial charge in [0, 0.05) is 27.2 Å². The second-order valence-electron chi connectivity index (χ2n) is 6.81. The second-order valence-corrected chi connectivity index (χ2v) is 9.37. The number of hydrogen-bond donors (Lipinski definition) is 0. The van der Waals surface area contributed by atoms with Crippen LogP contribution in [0.2, 0.25) is 5.02 Å². The van der Waals surface area contributed by atoms with E-state index in [1.165, 1.54) is 38.7 Å². The molecule has 0 radical (unpaired) electrons. The Bertz CT molecular complexity index is 719. The van der Waals surface area contributed by atoms with E-state index in [-0.39, 0.29) is 21.4 Å². The van der Waals surface area contributed by atoms with Gasteiger partial charge in [-0.1, -0.05) is 31.4 Å². The summed E-state index contributed by atoms with van der Waals surface area (Å²) in [6, 6.07) is 4.32. The van der Waals surface area contributed by atoms with Gasteiger partial charge < -0.3 is 4.90 Å². The Morgan fingerprint density at radius 2 is 2.00 bits per heavy atom. The predicted octanol–water partition coefficient (Wildman–Crippen LogP) is 3.63. The zero-order valence-electron chi connectivity index (χ0n) is 15.2. The summed E-state index contributed by atoms with van der Waals surface area (Å²) in [5, 5.41) is 0.289. The number of sulfonamides is 1. The van der Waals surface area contributed by atoms with Crippen LogP contribution in [-0.2, 0) is 10.0 Å². The van der Waals surface area contributed by atoms with E-state index in [0.29, 0.717) is 19.0 Å². The quantitative estimate of drug-likeness (QED) is 0.776. The molecule has 5 nitrogen and oxygen atoms in total. The van der Waals surface area contributed by atoms with Gasteiger partial charge in [0.05, 0.1) is 15.5 Å². The molecule has 0 aliphatic carbocycles. The average molecular weight is 387 g/mol. The van der Waals surface area contributed by atoms with Crippen LogP contribution in [0, 0.1) is 5.92 Å². The number of likely N-dealkylation sites (tertiary alicyclic amines) is 1. The van der Waals surface area contributed by atoms with Crippen molar-refractivity contribution >= 4 is 27.5 Å². The first-order chi connectivity index (χ1) is 11.8. The van der Waals surface area contributed by atoms with Crippen LogP contribution in [0.1, 0.15) is 49.4 Å². The maximum atomic E-state index is 12.9. The minimum Gasteiger partial charge on any atom is -0.339 e. The molecule has 0 spiro atoms. The molecular formula is C18H27ClN2O3S. The Balaban J connectivity index is 2.24. The molecule has 1 aromatic carbocycles. The van der Waals surface area contributed by atoms with Crippen molar-refractivity contribution in [1.82, 2.24) is 9.21 Å². The van der Waals surface area contributed by atoms with Crippen LogP contribution in [0.4, 0.5) is 0 Å². The molecule has 25 heavy (non-hydrogen) atoms. The van der Waals surface area contributed by atoms with Crippen LogP contribution in [-0.4, -0.2) is 50.7 Å². The standard InChI is InChI=1S/C18H27ClN2O3S/c1-4-6-14-7-5-11-21(12-10-14)18(22)16-13-15(8-9-17(16)19)25(23,24)20(2)3/h8-9,13-14H,4-7,10-12H2,1-3H3. The molecule has 0 aromatic heterocycles. The van der Waals surface area contributed by atoms with Gasteiger partial charge in [-0.2, -0.15) is 0 Å². The largest absolute Gasteiger partial charge is 0.339 e. The smallest absolute Gasteiger partial charge is 0.255 e. The third-order valence-corrected chi connectivity index (χ3v) is 6.92. The van der Waals surface area contributed by atoms with Crippen molar-refractivity contribution in [3.63, 3.8) is 0 Å². The summed E-state index contributed by atoms with van der Waals surface area (Å²) in [5.41, 5.74) is 0.263. The first-order valence-electron chi connectivity index (χ1n) is 8.78. The SMILES string of the molecule is CCCC1CCCN(C(=O)c2cc(S(=O)(=O)N(C)C)ccc2Cl)CC1. The first-order valence-corrected chi connectivity index (χ1v) is 10.6. The third kappa shape index (κ3) is 4.74. The van der Waals surface area contributed by atoms with Crippen LogP contribution in [0.15, 0.2) is 23.1 Å². The average Bonchev–Trinajstić information content (AvgIpc) is 2.80. The van der Waals surface area contributed by atoms with E-state index < -0.39 is 10.0 Å². The lowest BCUT2D eigenvalue weighted by Gasteiger charge is -2.22. The molecule has 1 aliphatic rings. The van der Waals surface area contributed by atoms with Gasteiger partial charge in [0.25, 0.3) is 5.91 Å². The topological polar surface area (TPSA) is 57.7 Å². The fourth-order valence-corrected chi connectivity index (χ4v) is 4.40. The summed E-state index contributed by atoms with van der Waals surface area (Å²) in [7, 11) is -0.667. The fourth-order valence-electron chi connectivity index (χ4n) is 3.28. The lowest BCUT2D eigenvalue weighted by molar-refractivity contribution is 0.0759. The summed E-state index contributed by atoms with van der Waals surface area (Å²) in [6.45, 7) is 3.58. The minimum absolute atomic E-state index is 0.0870. The number of carbonyl (C=O) groups is 1. The van der Waals surface area contributed by atoms with Gasteiger partial charge in [0.2, 0.25) is 10.0 Å². The Kier molecular flexibility index (Phi) is 6.88. The van der Waals surface area contributed by atoms with E-state index in [0.717, 1.165) is 30.0 Å². The highest BCUT2D eigenvalue weighted by Crippen LogP contribution is 2.26. The number of rotatable bonds is 5. The molecule has 0 bridgehead atoms. The molecule has 1 amide bonds. The molecule has 1 atom stereocenters. The van der Waals surface area contributed by atoms with E-state index in [4.69, 9.17) is 11.6 Å². The predicted molar refractivity (Wildman–Crippen MR) is 100 cm³/mol. The van der Waals surface area contributed by atoms with E-state index in [2.05, 4.69) is 6.92 Å². The van der Waals surface area contributed by atoms with Crippen molar-refractivity contribution in [3.05, 3.63) is 28.8 Å². The summed E-state index contributed by atoms with van der Waals surface area (Å²) >= 11 is 6.20. The van der Waals surface area contributed by atoms with E-state index in [1.54, 1.807) is 0 Å². The van der Waals surface area contributed by atoms with E-state index in [9.17, 15) is 13.2 Å². The molecule has 1 unspecified atom stereocenters. The van der Waals surface area contributed by atoms with Crippen molar-refractivity contribution in [3.8, 4) is 0 Å². The van der Waals surface area contributed by atoms with Crippen LogP contribution in [0.25, 0.3) is 0 Å². The number of halogens is 1. The van der Waals surface area contributed by atoms with Gasteiger partial charge in [-0.25, -0.2) is 12.7 Å². The lowest BCUT2D eigenvalue weighted by atomic mass is 9.96. The lowest BCUT2D eigenvalue weighted by Crippen LogP contribution is -2.32. The zero-order valence-corrected chi connectivity index (χ0v) is 16.7. The molecule has 1 fully saturated rings. The highest BCUT2D eigenvalue weighted by Gasteiger charge is 2.25.